The highest BCUT2D eigenvalue weighted by molar-refractivity contribution is 6.39. The Hall–Kier alpha value is -2.88. The molecule has 2 aromatic heterocycles. The van der Waals surface area contributed by atoms with E-state index < -0.39 is 5.91 Å². The van der Waals surface area contributed by atoms with E-state index in [1.165, 1.54) is 25.6 Å². The van der Waals surface area contributed by atoms with Crippen LogP contribution in [0, 0.1) is 11.3 Å². The van der Waals surface area contributed by atoms with Crippen molar-refractivity contribution in [1.82, 2.24) is 9.97 Å². The monoisotopic (exact) mass is 372 g/mol. The second-order valence-electron chi connectivity index (χ2n) is 4.95. The molecule has 25 heavy (non-hydrogen) atoms. The first-order chi connectivity index (χ1) is 12.0. The van der Waals surface area contributed by atoms with Crippen LogP contribution < -0.4 is 10.1 Å². The normalized spacial score (nSPS) is 10.3. The van der Waals surface area contributed by atoms with Gasteiger partial charge in [-0.05, 0) is 24.3 Å². The number of carbonyl (C=O) groups is 1. The van der Waals surface area contributed by atoms with Gasteiger partial charge in [-0.15, -0.1) is 0 Å². The van der Waals surface area contributed by atoms with E-state index in [9.17, 15) is 4.79 Å². The van der Waals surface area contributed by atoms with Gasteiger partial charge in [-0.2, -0.15) is 5.26 Å². The van der Waals surface area contributed by atoms with E-state index in [1.54, 1.807) is 18.2 Å². The number of halogens is 2. The minimum atomic E-state index is -0.422. The van der Waals surface area contributed by atoms with Crippen molar-refractivity contribution in [2.45, 2.75) is 0 Å². The van der Waals surface area contributed by atoms with E-state index in [0.29, 0.717) is 22.2 Å². The van der Waals surface area contributed by atoms with Gasteiger partial charge in [0.1, 0.15) is 23.0 Å². The number of benzene rings is 1. The highest BCUT2D eigenvalue weighted by Crippen LogP contribution is 2.31. The summed E-state index contributed by atoms with van der Waals surface area (Å²) < 4.78 is 5.26. The zero-order valence-electron chi connectivity index (χ0n) is 12.9. The molecule has 3 rings (SSSR count). The summed E-state index contributed by atoms with van der Waals surface area (Å²) in [5.41, 5.74) is 1.26. The molecule has 0 fully saturated rings. The van der Waals surface area contributed by atoms with E-state index in [-0.39, 0.29) is 21.4 Å². The molecular formula is C17H10Cl2N4O2. The van der Waals surface area contributed by atoms with E-state index in [4.69, 9.17) is 33.2 Å². The molecular weight excluding hydrogens is 363 g/mol. The third-order valence-corrected chi connectivity index (χ3v) is 4.06. The summed E-state index contributed by atoms with van der Waals surface area (Å²) in [4.78, 5) is 20.8. The maximum Gasteiger partial charge on any atom is 0.256 e. The summed E-state index contributed by atoms with van der Waals surface area (Å²) in [6.07, 6.45) is 2.77. The lowest BCUT2D eigenvalue weighted by atomic mass is 10.1. The lowest BCUT2D eigenvalue weighted by Crippen LogP contribution is -2.13. The molecule has 124 valence electrons. The molecule has 1 amide bonds. The van der Waals surface area contributed by atoms with Crippen molar-refractivity contribution in [2.24, 2.45) is 0 Å². The lowest BCUT2D eigenvalue weighted by Gasteiger charge is -2.12. The van der Waals surface area contributed by atoms with Crippen LogP contribution >= 0.6 is 23.2 Å². The summed E-state index contributed by atoms with van der Waals surface area (Å²) in [5, 5.41) is 12.7. The van der Waals surface area contributed by atoms with Gasteiger partial charge in [0.15, 0.2) is 0 Å². The number of anilines is 1. The van der Waals surface area contributed by atoms with E-state index in [2.05, 4.69) is 15.3 Å². The van der Waals surface area contributed by atoms with Crippen LogP contribution in [0.1, 0.15) is 16.1 Å². The molecule has 2 heterocycles. The number of aromatic nitrogens is 2. The predicted molar refractivity (Wildman–Crippen MR) is 95.2 cm³/mol. The van der Waals surface area contributed by atoms with Crippen LogP contribution in [-0.4, -0.2) is 23.0 Å². The minimum absolute atomic E-state index is 0.226. The highest BCUT2D eigenvalue weighted by Gasteiger charge is 2.17. The van der Waals surface area contributed by atoms with E-state index >= 15 is 0 Å². The Morgan fingerprint density at radius 2 is 1.92 bits per heavy atom. The number of methoxy groups -OCH3 is 1. The molecule has 0 bridgehead atoms. The third-order valence-electron chi connectivity index (χ3n) is 3.49. The number of hydrogen-bond acceptors (Lipinski definition) is 5. The molecule has 8 heteroatoms. The molecule has 0 aliphatic rings. The Bertz CT molecular complexity index is 1010. The predicted octanol–water partition coefficient (Wildman–Crippen LogP) is 4.07. The summed E-state index contributed by atoms with van der Waals surface area (Å²) in [6, 6.07) is 8.36. The van der Waals surface area contributed by atoms with Gasteiger partial charge in [0.2, 0.25) is 0 Å². The summed E-state index contributed by atoms with van der Waals surface area (Å²) >= 11 is 12.1. The van der Waals surface area contributed by atoms with Crippen molar-refractivity contribution in [3.63, 3.8) is 0 Å². The fourth-order valence-electron chi connectivity index (χ4n) is 2.33. The van der Waals surface area contributed by atoms with Crippen molar-refractivity contribution in [2.75, 3.05) is 12.4 Å². The van der Waals surface area contributed by atoms with Crippen LogP contribution in [0.5, 0.6) is 5.75 Å². The first kappa shape index (κ1) is 17.0. The molecule has 0 radical (unpaired) electrons. The largest absolute Gasteiger partial charge is 0.494 e. The fraction of sp³-hybridized carbons (Fsp3) is 0.0588. The second-order valence-corrected chi connectivity index (χ2v) is 5.77. The SMILES string of the molecule is COc1ccc(C(=O)Nc2c(Cl)cncc2Cl)c2ccc(C#N)nc12. The Morgan fingerprint density at radius 3 is 2.56 bits per heavy atom. The number of nitrogens with zero attached hydrogens (tertiary/aromatic N) is 3. The van der Waals surface area contributed by atoms with Gasteiger partial charge in [0.05, 0.1) is 22.8 Å². The van der Waals surface area contributed by atoms with Gasteiger partial charge in [-0.3, -0.25) is 9.78 Å². The molecule has 0 atom stereocenters. The quantitative estimate of drug-likeness (QED) is 0.748. The number of hydrogen-bond donors (Lipinski definition) is 1. The average molecular weight is 373 g/mol. The Morgan fingerprint density at radius 1 is 1.20 bits per heavy atom. The van der Waals surface area contributed by atoms with Gasteiger partial charge < -0.3 is 10.1 Å². The number of pyridine rings is 2. The molecule has 0 aliphatic carbocycles. The van der Waals surface area contributed by atoms with Crippen molar-refractivity contribution < 1.29 is 9.53 Å². The van der Waals surface area contributed by atoms with Crippen molar-refractivity contribution in [3.8, 4) is 11.8 Å². The van der Waals surface area contributed by atoms with Gasteiger partial charge in [0, 0.05) is 23.3 Å². The number of nitriles is 1. The Kier molecular flexibility index (Phi) is 4.70. The first-order valence-electron chi connectivity index (χ1n) is 7.03. The number of rotatable bonds is 3. The molecule has 6 nitrogen and oxygen atoms in total. The summed E-state index contributed by atoms with van der Waals surface area (Å²) in [6.45, 7) is 0. The number of carbonyl (C=O) groups excluding carboxylic acids is 1. The van der Waals surface area contributed by atoms with Gasteiger partial charge in [-0.1, -0.05) is 23.2 Å². The first-order valence-corrected chi connectivity index (χ1v) is 7.79. The summed E-state index contributed by atoms with van der Waals surface area (Å²) in [7, 11) is 1.49. The van der Waals surface area contributed by atoms with Crippen molar-refractivity contribution in [1.29, 1.82) is 5.26 Å². The molecule has 0 aliphatic heterocycles. The molecule has 0 unspecified atom stereocenters. The van der Waals surface area contributed by atoms with Crippen LogP contribution in [-0.2, 0) is 0 Å². The van der Waals surface area contributed by atoms with Crippen LogP contribution in [0.25, 0.3) is 10.9 Å². The van der Waals surface area contributed by atoms with E-state index in [0.717, 1.165) is 0 Å². The maximum absolute atomic E-state index is 12.7. The topological polar surface area (TPSA) is 87.9 Å². The second kappa shape index (κ2) is 6.93. The fourth-order valence-corrected chi connectivity index (χ4v) is 2.79. The smallest absolute Gasteiger partial charge is 0.256 e. The zero-order chi connectivity index (χ0) is 18.0. The number of fused-ring (bicyclic) bond motifs is 1. The van der Waals surface area contributed by atoms with E-state index in [1.807, 2.05) is 6.07 Å². The van der Waals surface area contributed by atoms with Gasteiger partial charge in [-0.25, -0.2) is 4.98 Å². The minimum Gasteiger partial charge on any atom is -0.494 e. The zero-order valence-corrected chi connectivity index (χ0v) is 14.4. The Balaban J connectivity index is 2.10. The number of ether oxygens (including phenoxy) is 1. The molecule has 0 spiro atoms. The van der Waals surface area contributed by atoms with Crippen LogP contribution in [0.2, 0.25) is 10.0 Å². The van der Waals surface area contributed by atoms with Crippen molar-refractivity contribution in [3.05, 3.63) is 58.0 Å². The average Bonchev–Trinajstić information content (AvgIpc) is 2.63. The van der Waals surface area contributed by atoms with Crippen LogP contribution in [0.15, 0.2) is 36.7 Å². The molecule has 1 aromatic carbocycles. The summed E-state index contributed by atoms with van der Waals surface area (Å²) in [5.74, 6) is 0.0396. The Labute approximate surface area is 153 Å². The lowest BCUT2D eigenvalue weighted by molar-refractivity contribution is 0.102. The maximum atomic E-state index is 12.7. The van der Waals surface area contributed by atoms with Gasteiger partial charge >= 0.3 is 0 Å². The number of amides is 1. The molecule has 0 saturated heterocycles. The van der Waals surface area contributed by atoms with Crippen LogP contribution in [0.3, 0.4) is 0 Å². The molecule has 3 aromatic rings. The number of nitrogens with one attached hydrogen (secondary N) is 1. The molecule has 1 N–H and O–H groups in total. The van der Waals surface area contributed by atoms with Gasteiger partial charge in [0.25, 0.3) is 5.91 Å². The highest BCUT2D eigenvalue weighted by atomic mass is 35.5. The van der Waals surface area contributed by atoms with Crippen molar-refractivity contribution >= 4 is 45.7 Å². The van der Waals surface area contributed by atoms with Crippen LogP contribution in [0.4, 0.5) is 5.69 Å². The third kappa shape index (κ3) is 3.20. The molecule has 0 saturated carbocycles. The standard InChI is InChI=1S/C17H10Cl2N4O2/c1-25-14-5-4-11(10-3-2-9(6-20)22-15(10)14)17(24)23-16-12(18)7-21-8-13(16)19/h2-5,7-8H,1H3,(H,21,23,24).